The van der Waals surface area contributed by atoms with Crippen molar-refractivity contribution in [3.05, 3.63) is 83.9 Å². The first-order valence-electron chi connectivity index (χ1n) is 9.23. The summed E-state index contributed by atoms with van der Waals surface area (Å²) in [5.41, 5.74) is 4.51. The van der Waals surface area contributed by atoms with Gasteiger partial charge in [0.2, 0.25) is 5.91 Å². The maximum atomic E-state index is 12.4. The fourth-order valence-electron chi connectivity index (χ4n) is 2.80. The lowest BCUT2D eigenvalue weighted by atomic mass is 10.2. The third kappa shape index (κ3) is 5.39. The van der Waals surface area contributed by atoms with Crippen LogP contribution in [0, 0.1) is 6.92 Å². The minimum Gasteiger partial charge on any atom is -0.493 e. The SMILES string of the molecule is COc1ccc(/C=C/C(=O)Nc2ccccc2Nc2ccc(C)cc2)cc1OC. The second-order valence-corrected chi connectivity index (χ2v) is 6.47. The summed E-state index contributed by atoms with van der Waals surface area (Å²) in [5.74, 6) is 1.03. The Balaban J connectivity index is 1.71. The number of benzene rings is 3. The van der Waals surface area contributed by atoms with Crippen molar-refractivity contribution in [2.24, 2.45) is 0 Å². The molecule has 0 unspecified atom stereocenters. The maximum Gasteiger partial charge on any atom is 0.248 e. The average Bonchev–Trinajstić information content (AvgIpc) is 2.75. The zero-order valence-electron chi connectivity index (χ0n) is 16.7. The molecule has 1 amide bonds. The molecule has 2 N–H and O–H groups in total. The van der Waals surface area contributed by atoms with Gasteiger partial charge in [-0.15, -0.1) is 0 Å². The number of anilines is 3. The van der Waals surface area contributed by atoms with Gasteiger partial charge in [-0.2, -0.15) is 0 Å². The van der Waals surface area contributed by atoms with E-state index in [-0.39, 0.29) is 5.91 Å². The first kappa shape index (κ1) is 20.0. The second kappa shape index (κ2) is 9.46. The van der Waals surface area contributed by atoms with Crippen molar-refractivity contribution in [3.8, 4) is 11.5 Å². The highest BCUT2D eigenvalue weighted by molar-refractivity contribution is 6.04. The number of nitrogens with one attached hydrogen (secondary N) is 2. The predicted octanol–water partition coefficient (Wildman–Crippen LogP) is 5.41. The molecule has 5 nitrogen and oxygen atoms in total. The molecule has 3 aromatic carbocycles. The van der Waals surface area contributed by atoms with E-state index < -0.39 is 0 Å². The molecular weight excluding hydrogens is 364 g/mol. The first-order valence-corrected chi connectivity index (χ1v) is 9.23. The summed E-state index contributed by atoms with van der Waals surface area (Å²) in [4.78, 5) is 12.4. The van der Waals surface area contributed by atoms with E-state index in [1.807, 2.05) is 67.6 Å². The lowest BCUT2D eigenvalue weighted by Crippen LogP contribution is -2.09. The Labute approximate surface area is 171 Å². The predicted molar refractivity (Wildman–Crippen MR) is 118 cm³/mol. The molecule has 0 radical (unpaired) electrons. The number of rotatable bonds is 7. The van der Waals surface area contributed by atoms with Gasteiger partial charge in [-0.05, 0) is 55.0 Å². The number of methoxy groups -OCH3 is 2. The normalized spacial score (nSPS) is 10.6. The largest absolute Gasteiger partial charge is 0.493 e. The van der Waals surface area contributed by atoms with E-state index in [2.05, 4.69) is 10.6 Å². The molecule has 3 aromatic rings. The molecule has 0 aromatic heterocycles. The smallest absolute Gasteiger partial charge is 0.248 e. The molecule has 0 aliphatic heterocycles. The van der Waals surface area contributed by atoms with Gasteiger partial charge in [0.05, 0.1) is 25.6 Å². The molecule has 0 spiro atoms. The van der Waals surface area contributed by atoms with Crippen LogP contribution in [-0.2, 0) is 4.79 Å². The van der Waals surface area contributed by atoms with Gasteiger partial charge in [0, 0.05) is 11.8 Å². The highest BCUT2D eigenvalue weighted by atomic mass is 16.5. The Morgan fingerprint density at radius 3 is 2.24 bits per heavy atom. The summed E-state index contributed by atoms with van der Waals surface area (Å²) >= 11 is 0. The van der Waals surface area contributed by atoms with Crippen LogP contribution in [0.1, 0.15) is 11.1 Å². The number of carbonyl (C=O) groups is 1. The zero-order valence-corrected chi connectivity index (χ0v) is 16.7. The maximum absolute atomic E-state index is 12.4. The molecule has 0 saturated heterocycles. The van der Waals surface area contributed by atoms with E-state index in [9.17, 15) is 4.79 Å². The Hall–Kier alpha value is -3.73. The van der Waals surface area contributed by atoms with Crippen LogP contribution in [0.3, 0.4) is 0 Å². The minimum atomic E-state index is -0.224. The van der Waals surface area contributed by atoms with Crippen molar-refractivity contribution >= 4 is 29.0 Å². The number of aryl methyl sites for hydroxylation is 1. The van der Waals surface area contributed by atoms with Crippen LogP contribution >= 0.6 is 0 Å². The fourth-order valence-corrected chi connectivity index (χ4v) is 2.80. The summed E-state index contributed by atoms with van der Waals surface area (Å²) < 4.78 is 10.5. The number of para-hydroxylation sites is 2. The van der Waals surface area contributed by atoms with Crippen molar-refractivity contribution in [3.63, 3.8) is 0 Å². The highest BCUT2D eigenvalue weighted by Crippen LogP contribution is 2.28. The van der Waals surface area contributed by atoms with Gasteiger partial charge >= 0.3 is 0 Å². The van der Waals surface area contributed by atoms with Crippen molar-refractivity contribution in [2.75, 3.05) is 24.9 Å². The molecular formula is C24H24N2O3. The number of ether oxygens (including phenoxy) is 2. The fraction of sp³-hybridized carbons (Fsp3) is 0.125. The number of carbonyl (C=O) groups excluding carboxylic acids is 1. The van der Waals surface area contributed by atoms with Crippen molar-refractivity contribution in [1.82, 2.24) is 0 Å². The van der Waals surface area contributed by atoms with Gasteiger partial charge in [0.1, 0.15) is 0 Å². The molecule has 29 heavy (non-hydrogen) atoms. The van der Waals surface area contributed by atoms with Crippen LogP contribution in [0.2, 0.25) is 0 Å². The molecule has 0 atom stereocenters. The van der Waals surface area contributed by atoms with E-state index >= 15 is 0 Å². The molecule has 0 bridgehead atoms. The summed E-state index contributed by atoms with van der Waals surface area (Å²) in [6.07, 6.45) is 3.22. The molecule has 0 heterocycles. The first-order chi connectivity index (χ1) is 14.1. The van der Waals surface area contributed by atoms with Crippen LogP contribution in [0.5, 0.6) is 11.5 Å². The van der Waals surface area contributed by atoms with Crippen LogP contribution in [0.4, 0.5) is 17.1 Å². The third-order valence-corrected chi connectivity index (χ3v) is 4.35. The van der Waals surface area contributed by atoms with E-state index in [1.54, 1.807) is 26.4 Å². The molecule has 0 fully saturated rings. The van der Waals surface area contributed by atoms with Crippen molar-refractivity contribution in [2.45, 2.75) is 6.92 Å². The highest BCUT2D eigenvalue weighted by Gasteiger charge is 2.06. The zero-order chi connectivity index (χ0) is 20.6. The lowest BCUT2D eigenvalue weighted by molar-refractivity contribution is -0.111. The standard InChI is InChI=1S/C24H24N2O3/c1-17-8-12-19(13-9-17)25-20-6-4-5-7-21(20)26-24(27)15-11-18-10-14-22(28-2)23(16-18)29-3/h4-16,25H,1-3H3,(H,26,27)/b15-11+. The Kier molecular flexibility index (Phi) is 6.53. The monoisotopic (exact) mass is 388 g/mol. The summed E-state index contributed by atoms with van der Waals surface area (Å²) in [6.45, 7) is 2.04. The van der Waals surface area contributed by atoms with Crippen molar-refractivity contribution < 1.29 is 14.3 Å². The molecule has 5 heteroatoms. The molecule has 148 valence electrons. The van der Waals surface area contributed by atoms with Crippen LogP contribution in [0.25, 0.3) is 6.08 Å². The van der Waals surface area contributed by atoms with Crippen LogP contribution in [0.15, 0.2) is 72.8 Å². The topological polar surface area (TPSA) is 59.6 Å². The lowest BCUT2D eigenvalue weighted by Gasteiger charge is -2.12. The second-order valence-electron chi connectivity index (χ2n) is 6.47. The van der Waals surface area contributed by atoms with Gasteiger partial charge < -0.3 is 20.1 Å². The molecule has 0 saturated carbocycles. The number of hydrogen-bond acceptors (Lipinski definition) is 4. The summed E-state index contributed by atoms with van der Waals surface area (Å²) in [6, 6.07) is 21.1. The molecule has 3 rings (SSSR count). The average molecular weight is 388 g/mol. The van der Waals surface area contributed by atoms with E-state index in [0.29, 0.717) is 17.2 Å². The van der Waals surface area contributed by atoms with Gasteiger partial charge in [-0.25, -0.2) is 0 Å². The van der Waals surface area contributed by atoms with Crippen LogP contribution in [-0.4, -0.2) is 20.1 Å². The van der Waals surface area contributed by atoms with Crippen LogP contribution < -0.4 is 20.1 Å². The Bertz CT molecular complexity index is 1010. The van der Waals surface area contributed by atoms with Gasteiger partial charge in [0.15, 0.2) is 11.5 Å². The van der Waals surface area contributed by atoms with Gasteiger partial charge in [0.25, 0.3) is 0 Å². The Morgan fingerprint density at radius 2 is 1.55 bits per heavy atom. The molecule has 0 aliphatic carbocycles. The quantitative estimate of drug-likeness (QED) is 0.532. The minimum absolute atomic E-state index is 0.224. The van der Waals surface area contributed by atoms with Gasteiger partial charge in [-0.1, -0.05) is 35.9 Å². The van der Waals surface area contributed by atoms with E-state index in [0.717, 1.165) is 16.9 Å². The van der Waals surface area contributed by atoms with Crippen molar-refractivity contribution in [1.29, 1.82) is 0 Å². The van der Waals surface area contributed by atoms with E-state index in [4.69, 9.17) is 9.47 Å². The summed E-state index contributed by atoms with van der Waals surface area (Å²) in [5, 5.41) is 6.26. The van der Waals surface area contributed by atoms with Gasteiger partial charge in [-0.3, -0.25) is 4.79 Å². The molecule has 0 aliphatic rings. The summed E-state index contributed by atoms with van der Waals surface area (Å²) in [7, 11) is 3.17. The van der Waals surface area contributed by atoms with E-state index in [1.165, 1.54) is 11.6 Å². The number of hydrogen-bond donors (Lipinski definition) is 2. The number of amides is 1. The Morgan fingerprint density at radius 1 is 0.862 bits per heavy atom. The third-order valence-electron chi connectivity index (χ3n) is 4.35.